The van der Waals surface area contributed by atoms with E-state index >= 15 is 0 Å². The molecule has 0 fully saturated rings. The third-order valence-corrected chi connectivity index (χ3v) is 4.21. The van der Waals surface area contributed by atoms with Gasteiger partial charge >= 0.3 is 0 Å². The monoisotopic (exact) mass is 230 g/mol. The Balaban J connectivity index is 1.95. The molecule has 0 spiro atoms. The molecule has 1 heterocycles. The molecule has 1 rings (SSSR count). The summed E-state index contributed by atoms with van der Waals surface area (Å²) in [5, 5.41) is 5.29. The molecule has 0 amide bonds. The van der Waals surface area contributed by atoms with Crippen molar-refractivity contribution in [2.45, 2.75) is 36.6 Å². The minimum absolute atomic E-state index is 0.653. The smallest absolute Gasteiger partial charge is 0.149 e. The molecule has 0 saturated carbocycles. The van der Waals surface area contributed by atoms with E-state index in [9.17, 15) is 0 Å². The number of aromatic nitrogens is 1. The largest absolute Gasteiger partial charge is 0.317 e. The first-order valence-electron chi connectivity index (χ1n) is 5.02. The number of rotatable bonds is 7. The minimum Gasteiger partial charge on any atom is -0.317 e. The van der Waals surface area contributed by atoms with Crippen molar-refractivity contribution < 1.29 is 0 Å². The predicted molar refractivity (Wildman–Crippen MR) is 65.2 cm³/mol. The van der Waals surface area contributed by atoms with E-state index in [0.717, 1.165) is 0 Å². The summed E-state index contributed by atoms with van der Waals surface area (Å²) in [6, 6.07) is 0.653. The number of nitrogens with one attached hydrogen (secondary N) is 1. The Bertz CT molecular complexity index is 224. The summed E-state index contributed by atoms with van der Waals surface area (Å²) in [5.74, 6) is 1.20. The molecule has 0 aliphatic rings. The summed E-state index contributed by atoms with van der Waals surface area (Å²) in [7, 11) is 2.02. The van der Waals surface area contributed by atoms with Crippen LogP contribution < -0.4 is 5.32 Å². The van der Waals surface area contributed by atoms with Crippen LogP contribution in [0, 0.1) is 0 Å². The standard InChI is InChI=1S/C10H18N2S2/c1-9(11-2)5-3-4-7-13-10-12-6-8-14-10/h6,8-9,11H,3-5,7H2,1-2H3. The Hall–Kier alpha value is -0.0600. The van der Waals surface area contributed by atoms with Crippen LogP contribution in [0.4, 0.5) is 0 Å². The Morgan fingerprint density at radius 1 is 1.57 bits per heavy atom. The third kappa shape index (κ3) is 4.98. The van der Waals surface area contributed by atoms with Gasteiger partial charge in [-0.05, 0) is 26.8 Å². The van der Waals surface area contributed by atoms with E-state index < -0.39 is 0 Å². The molecule has 0 aromatic carbocycles. The third-order valence-electron chi connectivity index (χ3n) is 2.16. The van der Waals surface area contributed by atoms with Gasteiger partial charge in [0.25, 0.3) is 0 Å². The summed E-state index contributed by atoms with van der Waals surface area (Å²) >= 11 is 3.60. The molecular weight excluding hydrogens is 212 g/mol. The summed E-state index contributed by atoms with van der Waals surface area (Å²) in [4.78, 5) is 4.23. The molecule has 14 heavy (non-hydrogen) atoms. The zero-order valence-corrected chi connectivity index (χ0v) is 10.5. The number of thiazole rings is 1. The van der Waals surface area contributed by atoms with Gasteiger partial charge in [-0.15, -0.1) is 11.3 Å². The maximum atomic E-state index is 4.23. The first kappa shape index (κ1) is 12.0. The second kappa shape index (κ2) is 7.26. The molecule has 1 unspecified atom stereocenters. The van der Waals surface area contributed by atoms with Crippen molar-refractivity contribution in [2.24, 2.45) is 0 Å². The molecule has 1 aromatic heterocycles. The van der Waals surface area contributed by atoms with Crippen molar-refractivity contribution in [3.05, 3.63) is 11.6 Å². The molecule has 2 nitrogen and oxygen atoms in total. The van der Waals surface area contributed by atoms with Gasteiger partial charge in [-0.25, -0.2) is 4.98 Å². The molecule has 0 saturated heterocycles. The van der Waals surface area contributed by atoms with Gasteiger partial charge in [0.2, 0.25) is 0 Å². The maximum Gasteiger partial charge on any atom is 0.149 e. The van der Waals surface area contributed by atoms with E-state index in [-0.39, 0.29) is 0 Å². The highest BCUT2D eigenvalue weighted by molar-refractivity contribution is 8.00. The van der Waals surface area contributed by atoms with Crippen LogP contribution in [0.5, 0.6) is 0 Å². The van der Waals surface area contributed by atoms with Gasteiger partial charge in [0.15, 0.2) is 0 Å². The number of hydrogen-bond acceptors (Lipinski definition) is 4. The van der Waals surface area contributed by atoms with Crippen molar-refractivity contribution in [3.63, 3.8) is 0 Å². The van der Waals surface area contributed by atoms with E-state index in [1.807, 2.05) is 30.4 Å². The average molecular weight is 230 g/mol. The normalized spacial score (nSPS) is 13.0. The second-order valence-corrected chi connectivity index (χ2v) is 5.57. The van der Waals surface area contributed by atoms with E-state index in [4.69, 9.17) is 0 Å². The molecule has 0 radical (unpaired) electrons. The van der Waals surface area contributed by atoms with Crippen LogP contribution in [0.1, 0.15) is 26.2 Å². The van der Waals surface area contributed by atoms with Crippen LogP contribution in [0.25, 0.3) is 0 Å². The molecule has 4 heteroatoms. The number of nitrogens with zero attached hydrogens (tertiary/aromatic N) is 1. The fraction of sp³-hybridized carbons (Fsp3) is 0.700. The quantitative estimate of drug-likeness (QED) is 0.576. The highest BCUT2D eigenvalue weighted by Crippen LogP contribution is 2.21. The van der Waals surface area contributed by atoms with Gasteiger partial charge in [0.05, 0.1) is 0 Å². The van der Waals surface area contributed by atoms with Gasteiger partial charge < -0.3 is 5.32 Å². The molecule has 80 valence electrons. The van der Waals surface area contributed by atoms with E-state index in [1.54, 1.807) is 11.3 Å². The Morgan fingerprint density at radius 2 is 2.43 bits per heavy atom. The van der Waals surface area contributed by atoms with Gasteiger partial charge in [-0.1, -0.05) is 18.2 Å². The number of hydrogen-bond donors (Lipinski definition) is 1. The zero-order chi connectivity index (χ0) is 10.2. The van der Waals surface area contributed by atoms with Gasteiger partial charge in [0.1, 0.15) is 4.34 Å². The SMILES string of the molecule is CNC(C)CCCCSc1nccs1. The van der Waals surface area contributed by atoms with Crippen molar-refractivity contribution >= 4 is 23.1 Å². The maximum absolute atomic E-state index is 4.23. The summed E-state index contributed by atoms with van der Waals surface area (Å²) in [5.41, 5.74) is 0. The fourth-order valence-corrected chi connectivity index (χ4v) is 2.85. The van der Waals surface area contributed by atoms with Gasteiger partial charge in [-0.2, -0.15) is 0 Å². The average Bonchev–Trinajstić information content (AvgIpc) is 2.69. The first-order chi connectivity index (χ1) is 6.83. The van der Waals surface area contributed by atoms with Crippen LogP contribution in [0.2, 0.25) is 0 Å². The number of unbranched alkanes of at least 4 members (excludes halogenated alkanes) is 1. The zero-order valence-electron chi connectivity index (χ0n) is 8.82. The summed E-state index contributed by atoms with van der Waals surface area (Å²) < 4.78 is 1.20. The molecule has 0 aliphatic heterocycles. The van der Waals surface area contributed by atoms with E-state index in [2.05, 4.69) is 17.2 Å². The minimum atomic E-state index is 0.653. The Labute approximate surface area is 94.5 Å². The van der Waals surface area contributed by atoms with Crippen LogP contribution in [-0.4, -0.2) is 23.8 Å². The second-order valence-electron chi connectivity index (χ2n) is 3.33. The Morgan fingerprint density at radius 3 is 3.07 bits per heavy atom. The molecule has 1 N–H and O–H groups in total. The lowest BCUT2D eigenvalue weighted by Crippen LogP contribution is -2.20. The van der Waals surface area contributed by atoms with Crippen molar-refractivity contribution in [1.82, 2.24) is 10.3 Å². The van der Waals surface area contributed by atoms with Crippen LogP contribution in [0.3, 0.4) is 0 Å². The van der Waals surface area contributed by atoms with Gasteiger partial charge in [0, 0.05) is 23.4 Å². The van der Waals surface area contributed by atoms with E-state index in [0.29, 0.717) is 6.04 Å². The molecule has 1 aromatic rings. The van der Waals surface area contributed by atoms with E-state index in [1.165, 1.54) is 29.4 Å². The van der Waals surface area contributed by atoms with Crippen LogP contribution >= 0.6 is 23.1 Å². The Kier molecular flexibility index (Phi) is 6.23. The fourth-order valence-electron chi connectivity index (χ4n) is 1.14. The van der Waals surface area contributed by atoms with Crippen molar-refractivity contribution in [3.8, 4) is 0 Å². The molecular formula is C10H18N2S2. The first-order valence-corrected chi connectivity index (χ1v) is 6.89. The lowest BCUT2D eigenvalue weighted by molar-refractivity contribution is 0.539. The van der Waals surface area contributed by atoms with Crippen molar-refractivity contribution in [1.29, 1.82) is 0 Å². The summed E-state index contributed by atoms with van der Waals surface area (Å²) in [6.45, 7) is 2.23. The van der Waals surface area contributed by atoms with Crippen LogP contribution in [0.15, 0.2) is 15.9 Å². The van der Waals surface area contributed by atoms with Gasteiger partial charge in [-0.3, -0.25) is 0 Å². The van der Waals surface area contributed by atoms with Crippen molar-refractivity contribution in [2.75, 3.05) is 12.8 Å². The molecule has 0 bridgehead atoms. The lowest BCUT2D eigenvalue weighted by atomic mass is 10.1. The molecule has 1 atom stereocenters. The molecule has 0 aliphatic carbocycles. The highest BCUT2D eigenvalue weighted by atomic mass is 32.2. The lowest BCUT2D eigenvalue weighted by Gasteiger charge is -2.08. The number of thioether (sulfide) groups is 1. The predicted octanol–water partition coefficient (Wildman–Crippen LogP) is 3.01. The topological polar surface area (TPSA) is 24.9 Å². The highest BCUT2D eigenvalue weighted by Gasteiger charge is 1.99. The summed E-state index contributed by atoms with van der Waals surface area (Å²) in [6.07, 6.45) is 5.74. The van der Waals surface area contributed by atoms with Crippen LogP contribution in [-0.2, 0) is 0 Å².